The summed E-state index contributed by atoms with van der Waals surface area (Å²) in [5, 5.41) is 16.6. The molecular weight excluding hydrogens is 645 g/mol. The average molecular weight is 674 g/mol. The molecule has 2 heterocycles. The summed E-state index contributed by atoms with van der Waals surface area (Å²) in [7, 11) is 0. The van der Waals surface area contributed by atoms with Crippen LogP contribution in [0.1, 0.15) is 65.4 Å². The first kappa shape index (κ1) is 28.4. The van der Waals surface area contributed by atoms with Gasteiger partial charge in [-0.05, 0) is 77.7 Å². The number of carbonyl (C=O) groups is 1. The number of carbonyl (C=O) groups excluding carboxylic acids is 1. The van der Waals surface area contributed by atoms with Gasteiger partial charge in [0.2, 0.25) is 0 Å². The first-order valence-corrected chi connectivity index (χ1v) is 14.2. The average Bonchev–Trinajstić information content (AvgIpc) is 3.42. The van der Waals surface area contributed by atoms with Crippen molar-refractivity contribution in [1.82, 2.24) is 0 Å². The Hall–Kier alpha value is -3.15. The molecule has 0 unspecified atom stereocenters. The van der Waals surface area contributed by atoms with Crippen LogP contribution in [0.15, 0.2) is 50.4 Å². The molecule has 0 saturated carbocycles. The van der Waals surface area contributed by atoms with Crippen LogP contribution in [0.4, 0.5) is 22.7 Å². The van der Waals surface area contributed by atoms with Crippen molar-refractivity contribution >= 4 is 62.8 Å². The van der Waals surface area contributed by atoms with Gasteiger partial charge in [0.1, 0.15) is 22.9 Å². The smallest absolute Gasteiger partial charge is 0.261 e. The number of fused-ring (bicyclic) bond motifs is 1. The molecule has 0 bridgehead atoms. The van der Waals surface area contributed by atoms with Gasteiger partial charge in [0, 0.05) is 19.7 Å². The van der Waals surface area contributed by atoms with E-state index in [2.05, 4.69) is 33.2 Å². The normalized spacial score (nSPS) is 14.1. The number of benzene rings is 2. The fourth-order valence-electron chi connectivity index (χ4n) is 4.99. The molecule has 1 aliphatic heterocycles. The summed E-state index contributed by atoms with van der Waals surface area (Å²) in [4.78, 5) is 40.8. The van der Waals surface area contributed by atoms with Crippen LogP contribution in [0.25, 0.3) is 0 Å². The van der Waals surface area contributed by atoms with Crippen LogP contribution in [-0.4, -0.2) is 11.0 Å². The van der Waals surface area contributed by atoms with Crippen LogP contribution in [-0.2, 0) is 13.2 Å². The van der Waals surface area contributed by atoms with Gasteiger partial charge in [-0.3, -0.25) is 14.4 Å². The summed E-state index contributed by atoms with van der Waals surface area (Å²) in [6.45, 7) is 9.85. The van der Waals surface area contributed by atoms with Gasteiger partial charge in [-0.2, -0.15) is 0 Å². The van der Waals surface area contributed by atoms with Gasteiger partial charge in [0.15, 0.2) is 0 Å². The Labute approximate surface area is 250 Å². The lowest BCUT2D eigenvalue weighted by Crippen LogP contribution is -2.39. The Balaban J connectivity index is 1.51. The molecule has 208 valence electrons. The van der Waals surface area contributed by atoms with Gasteiger partial charge in [0.25, 0.3) is 16.8 Å². The number of hydrogen-bond acceptors (Lipinski definition) is 7. The van der Waals surface area contributed by atoms with E-state index >= 15 is 0 Å². The van der Waals surface area contributed by atoms with Gasteiger partial charge < -0.3 is 25.1 Å². The summed E-state index contributed by atoms with van der Waals surface area (Å²) in [5.74, 6) is 1.13. The maximum absolute atomic E-state index is 13.7. The largest absolute Gasteiger partial charge is 0.464 e. The molecular formula is C30H29ClIN3O5. The molecule has 1 atom stereocenters. The van der Waals surface area contributed by atoms with Crippen molar-refractivity contribution in [2.45, 2.75) is 53.8 Å². The van der Waals surface area contributed by atoms with Crippen molar-refractivity contribution in [3.05, 3.63) is 99.2 Å². The van der Waals surface area contributed by atoms with Crippen LogP contribution >= 0.6 is 34.2 Å². The molecule has 3 N–H and O–H groups in total. The Morgan fingerprint density at radius 1 is 1.07 bits per heavy atom. The second-order valence-electron chi connectivity index (χ2n) is 11.1. The van der Waals surface area contributed by atoms with Crippen molar-refractivity contribution in [3.63, 3.8) is 0 Å². The number of aryl methyl sites for hydroxylation is 2. The van der Waals surface area contributed by atoms with Crippen molar-refractivity contribution in [2.24, 2.45) is 5.41 Å². The number of furan rings is 1. The topological polar surface area (TPSA) is 112 Å². The maximum atomic E-state index is 13.7. The van der Waals surface area contributed by atoms with E-state index in [1.54, 1.807) is 23.1 Å². The van der Waals surface area contributed by atoms with E-state index < -0.39 is 16.9 Å². The Morgan fingerprint density at radius 2 is 1.77 bits per heavy atom. The predicted octanol–water partition coefficient (Wildman–Crippen LogP) is 6.35. The van der Waals surface area contributed by atoms with Crippen molar-refractivity contribution in [3.8, 4) is 0 Å². The third-order valence-corrected chi connectivity index (χ3v) is 8.36. The molecule has 1 aromatic heterocycles. The zero-order chi connectivity index (χ0) is 29.1. The molecule has 1 aliphatic rings. The number of nitrogens with one attached hydrogen (secondary N) is 2. The minimum absolute atomic E-state index is 0.0836. The van der Waals surface area contributed by atoms with E-state index in [1.807, 2.05) is 52.8 Å². The summed E-state index contributed by atoms with van der Waals surface area (Å²) in [6.07, 6.45) is 0. The summed E-state index contributed by atoms with van der Waals surface area (Å²) in [5.41, 5.74) is 2.04. The molecule has 0 spiro atoms. The highest BCUT2D eigenvalue weighted by Crippen LogP contribution is 2.41. The van der Waals surface area contributed by atoms with Crippen LogP contribution in [0.2, 0.25) is 5.02 Å². The highest BCUT2D eigenvalue weighted by Gasteiger charge is 2.36. The lowest BCUT2D eigenvalue weighted by Gasteiger charge is -2.31. The van der Waals surface area contributed by atoms with Crippen LogP contribution < -0.4 is 26.4 Å². The Kier molecular flexibility index (Phi) is 7.35. The van der Waals surface area contributed by atoms with Gasteiger partial charge >= 0.3 is 0 Å². The van der Waals surface area contributed by atoms with Gasteiger partial charge in [-0.15, -0.1) is 0 Å². The number of nitrogens with zero attached hydrogens (tertiary/aromatic N) is 1. The number of hydrogen-bond donors (Lipinski definition) is 3. The fraction of sp³-hybridized carbons (Fsp3) is 0.300. The third kappa shape index (κ3) is 4.84. The van der Waals surface area contributed by atoms with Crippen LogP contribution in [0.3, 0.4) is 0 Å². The lowest BCUT2D eigenvalue weighted by molar-refractivity contribution is 0.0997. The Morgan fingerprint density at radius 3 is 2.40 bits per heavy atom. The molecule has 40 heavy (non-hydrogen) atoms. The molecule has 3 aromatic carbocycles. The summed E-state index contributed by atoms with van der Waals surface area (Å²) in [6, 6.07) is 10.3. The van der Waals surface area contributed by atoms with Crippen molar-refractivity contribution in [1.29, 1.82) is 0 Å². The fourth-order valence-corrected chi connectivity index (χ4v) is 5.68. The Bertz CT molecular complexity index is 1710. The minimum atomic E-state index is -0.673. The molecule has 10 heteroatoms. The van der Waals surface area contributed by atoms with Gasteiger partial charge in [-0.25, -0.2) is 0 Å². The SMILES string of the molecule is Cc1cc([C@H](Nc2c(Nc3ccc(Cl)c4c3C(=O)N(c3cc(I)ccc3CO)C4)c(=O)c2=O)C(C)(C)C)oc1C. The number of anilines is 4. The van der Waals surface area contributed by atoms with E-state index in [9.17, 15) is 19.5 Å². The quantitative estimate of drug-likeness (QED) is 0.155. The third-order valence-electron chi connectivity index (χ3n) is 7.33. The lowest BCUT2D eigenvalue weighted by atomic mass is 9.84. The predicted molar refractivity (Wildman–Crippen MR) is 166 cm³/mol. The second-order valence-corrected chi connectivity index (χ2v) is 12.8. The van der Waals surface area contributed by atoms with E-state index in [-0.39, 0.29) is 35.8 Å². The summed E-state index contributed by atoms with van der Waals surface area (Å²) < 4.78 is 6.88. The van der Waals surface area contributed by atoms with Crippen molar-refractivity contribution in [2.75, 3.05) is 15.5 Å². The van der Waals surface area contributed by atoms with Crippen LogP contribution in [0.5, 0.6) is 0 Å². The van der Waals surface area contributed by atoms with E-state index in [0.29, 0.717) is 38.8 Å². The van der Waals surface area contributed by atoms with Crippen LogP contribution in [0, 0.1) is 22.8 Å². The van der Waals surface area contributed by atoms with Crippen molar-refractivity contribution < 1.29 is 14.3 Å². The molecule has 0 radical (unpaired) electrons. The second kappa shape index (κ2) is 10.4. The van der Waals surface area contributed by atoms with Gasteiger partial charge in [-0.1, -0.05) is 38.4 Å². The van der Waals surface area contributed by atoms with E-state index in [4.69, 9.17) is 16.0 Å². The highest BCUT2D eigenvalue weighted by atomic mass is 127. The standard InChI is InChI=1S/C30H29ClIN3O5/c1-14-10-22(40-15(14)2)28(30(3,4)5)34-25-24(26(37)27(25)38)33-20-9-8-19(31)18-12-35(29(39)23(18)20)21-11-17(32)7-6-16(21)13-36/h6-11,28,33-34,36H,12-13H2,1-5H3/t28-/m0/s1. The molecule has 0 aliphatic carbocycles. The first-order valence-electron chi connectivity index (χ1n) is 12.8. The van der Waals surface area contributed by atoms with Gasteiger partial charge in [0.05, 0.1) is 36.1 Å². The molecule has 8 nitrogen and oxygen atoms in total. The van der Waals surface area contributed by atoms with E-state index in [1.165, 1.54) is 0 Å². The minimum Gasteiger partial charge on any atom is -0.464 e. The molecule has 4 aromatic rings. The number of rotatable bonds is 7. The number of amides is 1. The first-order chi connectivity index (χ1) is 18.8. The number of aliphatic hydroxyl groups is 1. The maximum Gasteiger partial charge on any atom is 0.261 e. The monoisotopic (exact) mass is 673 g/mol. The molecule has 5 rings (SSSR count). The molecule has 1 amide bonds. The zero-order valence-corrected chi connectivity index (χ0v) is 25.7. The highest BCUT2D eigenvalue weighted by molar-refractivity contribution is 14.1. The summed E-state index contributed by atoms with van der Waals surface area (Å²) >= 11 is 8.67. The zero-order valence-electron chi connectivity index (χ0n) is 22.7. The molecule has 0 fully saturated rings. The van der Waals surface area contributed by atoms with E-state index in [0.717, 1.165) is 14.9 Å². The molecule has 0 saturated heterocycles. The number of aliphatic hydroxyl groups excluding tert-OH is 1. The number of halogens is 2.